The first-order valence-corrected chi connectivity index (χ1v) is 19.3. The van der Waals surface area contributed by atoms with Crippen molar-refractivity contribution in [1.82, 2.24) is 9.80 Å². The van der Waals surface area contributed by atoms with E-state index in [1.165, 1.54) is 43.6 Å². The van der Waals surface area contributed by atoms with Gasteiger partial charge in [0.25, 0.3) is 0 Å². The molecule has 0 atom stereocenters. The molecule has 8 nitrogen and oxygen atoms in total. The number of hydrogen-bond donors (Lipinski definition) is 0. The first-order chi connectivity index (χ1) is 23.7. The van der Waals surface area contributed by atoms with Gasteiger partial charge in [0, 0.05) is 69.8 Å². The molecule has 2 aliphatic heterocycles. The van der Waals surface area contributed by atoms with E-state index >= 15 is 0 Å². The van der Waals surface area contributed by atoms with Gasteiger partial charge in [-0.15, -0.1) is 0 Å². The molecule has 6 rings (SSSR count). The maximum Gasteiger partial charge on any atom is 0.246 e. The van der Waals surface area contributed by atoms with Crippen LogP contribution in [0.1, 0.15) is 68.4 Å². The molecule has 3 fully saturated rings. The number of sulfone groups is 1. The van der Waals surface area contributed by atoms with Gasteiger partial charge >= 0.3 is 0 Å². The Morgan fingerprint density at radius 2 is 1.37 bits per heavy atom. The summed E-state index contributed by atoms with van der Waals surface area (Å²) in [6.07, 6.45) is 14.0. The Kier molecular flexibility index (Phi) is 10.9. The third-order valence-electron chi connectivity index (χ3n) is 9.96. The van der Waals surface area contributed by atoms with Crippen molar-refractivity contribution in [1.29, 1.82) is 0 Å². The first-order valence-electron chi connectivity index (χ1n) is 17.4. The lowest BCUT2D eigenvalue weighted by atomic mass is 9.97. The van der Waals surface area contributed by atoms with E-state index < -0.39 is 9.84 Å². The van der Waals surface area contributed by atoms with E-state index in [-0.39, 0.29) is 28.9 Å². The normalized spacial score (nSPS) is 18.1. The smallest absolute Gasteiger partial charge is 0.246 e. The molecule has 258 valence electrons. The number of carbonyl (C=O) groups excluding carboxylic acids is 2. The van der Waals surface area contributed by atoms with Crippen LogP contribution in [0, 0.1) is 0 Å². The average molecular weight is 683 g/mol. The molecule has 9 heteroatoms. The van der Waals surface area contributed by atoms with Crippen LogP contribution in [0.25, 0.3) is 17.2 Å². The van der Waals surface area contributed by atoms with E-state index in [0.29, 0.717) is 43.4 Å². The Morgan fingerprint density at radius 3 is 1.98 bits per heavy atom. The molecule has 2 amide bonds. The topological polar surface area (TPSA) is 93.2 Å². The van der Waals surface area contributed by atoms with Crippen molar-refractivity contribution in [2.24, 2.45) is 0 Å². The van der Waals surface area contributed by atoms with Crippen LogP contribution in [0.2, 0.25) is 0 Å². The van der Waals surface area contributed by atoms with Crippen LogP contribution in [0.3, 0.4) is 0 Å². The van der Waals surface area contributed by atoms with Gasteiger partial charge in [-0.05, 0) is 84.0 Å². The number of carbonyl (C=O) groups is 2. The number of ether oxygens (including phenoxy) is 2. The van der Waals surface area contributed by atoms with Gasteiger partial charge in [0.05, 0.1) is 4.90 Å². The van der Waals surface area contributed by atoms with Crippen molar-refractivity contribution >= 4 is 27.7 Å². The van der Waals surface area contributed by atoms with E-state index in [2.05, 4.69) is 24.8 Å². The zero-order valence-electron chi connectivity index (χ0n) is 28.3. The van der Waals surface area contributed by atoms with Gasteiger partial charge < -0.3 is 19.3 Å². The fourth-order valence-electron chi connectivity index (χ4n) is 7.19. The Hall–Kier alpha value is -4.37. The lowest BCUT2D eigenvalue weighted by Gasteiger charge is -2.31. The van der Waals surface area contributed by atoms with Gasteiger partial charge in [0.2, 0.25) is 11.8 Å². The highest BCUT2D eigenvalue weighted by atomic mass is 32.2. The minimum atomic E-state index is -3.51. The van der Waals surface area contributed by atoms with Crippen LogP contribution >= 0.6 is 0 Å². The molecule has 0 bridgehead atoms. The predicted octanol–water partition coefficient (Wildman–Crippen LogP) is 7.05. The number of nitrogens with zero attached hydrogens (tertiary/aromatic N) is 2. The van der Waals surface area contributed by atoms with Crippen molar-refractivity contribution in [2.45, 2.75) is 74.4 Å². The second kappa shape index (κ2) is 15.5. The lowest BCUT2D eigenvalue weighted by molar-refractivity contribution is -0.128. The van der Waals surface area contributed by atoms with Crippen LogP contribution in [-0.4, -0.2) is 74.7 Å². The summed E-state index contributed by atoms with van der Waals surface area (Å²) in [6.45, 7) is 6.04. The van der Waals surface area contributed by atoms with Gasteiger partial charge in [-0.3, -0.25) is 9.59 Å². The molecule has 0 N–H and O–H groups in total. The summed E-state index contributed by atoms with van der Waals surface area (Å²) in [5.41, 5.74) is 3.40. The second-order valence-corrected chi connectivity index (χ2v) is 15.4. The Bertz CT molecular complexity index is 1780. The molecule has 2 saturated heterocycles. The maximum atomic E-state index is 13.1. The summed E-state index contributed by atoms with van der Waals surface area (Å²) < 4.78 is 37.9. The van der Waals surface area contributed by atoms with Gasteiger partial charge in [0.15, 0.2) is 9.84 Å². The van der Waals surface area contributed by atoms with E-state index in [4.69, 9.17) is 9.47 Å². The molecular formula is C40H46N2O6S. The molecule has 0 radical (unpaired) electrons. The quantitative estimate of drug-likeness (QED) is 0.213. The van der Waals surface area contributed by atoms with Gasteiger partial charge in [0.1, 0.15) is 23.7 Å². The number of piperidine rings is 2. The third kappa shape index (κ3) is 8.81. The summed E-state index contributed by atoms with van der Waals surface area (Å²) in [5.74, 6) is 2.12. The van der Waals surface area contributed by atoms with Crippen molar-refractivity contribution in [3.8, 4) is 22.6 Å². The largest absolute Gasteiger partial charge is 0.490 e. The third-order valence-corrected chi connectivity index (χ3v) is 11.1. The number of amides is 2. The van der Waals surface area contributed by atoms with Gasteiger partial charge in [-0.25, -0.2) is 8.42 Å². The van der Waals surface area contributed by atoms with Crippen molar-refractivity contribution in [3.63, 3.8) is 0 Å². The maximum absolute atomic E-state index is 13.1. The standard InChI is InChI=1S/C40H46N2O6S/c1-3-39(43)41-23-19-34(20-24-41)47-33-15-13-31(14-16-33)37-27-29(11-17-38(37)49(2,45)46)12-18-40(44)42-25-21-35(22-26-42)48-36-10-6-9-32(28-36)30-7-4-5-8-30/h3,6,9-18,27-28,30,34-35H,1,4-5,7-8,19-26H2,2H3/b18-12+. The number of hydrogen-bond acceptors (Lipinski definition) is 6. The zero-order valence-corrected chi connectivity index (χ0v) is 29.1. The Morgan fingerprint density at radius 1 is 0.755 bits per heavy atom. The molecule has 3 aromatic carbocycles. The van der Waals surface area contributed by atoms with Crippen LogP contribution in [0.5, 0.6) is 11.5 Å². The van der Waals surface area contributed by atoms with Crippen molar-refractivity contribution in [2.75, 3.05) is 32.4 Å². The monoisotopic (exact) mass is 682 g/mol. The number of likely N-dealkylation sites (tertiary alicyclic amines) is 2. The summed E-state index contributed by atoms with van der Waals surface area (Å²) in [6, 6.07) is 21.1. The Labute approximate surface area is 290 Å². The molecular weight excluding hydrogens is 637 g/mol. The summed E-state index contributed by atoms with van der Waals surface area (Å²) >= 11 is 0. The number of benzene rings is 3. The van der Waals surface area contributed by atoms with Crippen LogP contribution < -0.4 is 9.47 Å². The second-order valence-electron chi connectivity index (χ2n) is 13.4. The molecule has 1 saturated carbocycles. The lowest BCUT2D eigenvalue weighted by Crippen LogP contribution is -2.41. The molecule has 3 aromatic rings. The summed E-state index contributed by atoms with van der Waals surface area (Å²) in [4.78, 5) is 28.8. The molecule has 0 spiro atoms. The van der Waals surface area contributed by atoms with E-state index in [0.717, 1.165) is 42.6 Å². The molecule has 0 unspecified atom stereocenters. The number of rotatable bonds is 10. The van der Waals surface area contributed by atoms with Gasteiger partial charge in [-0.2, -0.15) is 0 Å². The van der Waals surface area contributed by atoms with Crippen LogP contribution in [-0.2, 0) is 19.4 Å². The first kappa shape index (κ1) is 34.5. The summed E-state index contributed by atoms with van der Waals surface area (Å²) in [7, 11) is -3.51. The highest BCUT2D eigenvalue weighted by molar-refractivity contribution is 7.90. The average Bonchev–Trinajstić information content (AvgIpc) is 3.66. The Balaban J connectivity index is 1.06. The minimum absolute atomic E-state index is 0.00560. The van der Waals surface area contributed by atoms with Crippen molar-refractivity contribution < 1.29 is 27.5 Å². The van der Waals surface area contributed by atoms with E-state index in [9.17, 15) is 18.0 Å². The molecule has 2 heterocycles. The fourth-order valence-corrected chi connectivity index (χ4v) is 8.08. The SMILES string of the molecule is C=CC(=O)N1CCC(Oc2ccc(-c3cc(/C=C/C(=O)N4CCC(Oc5cccc(C6CCCC6)c5)CC4)ccc3S(C)(=O)=O)cc2)CC1. The summed E-state index contributed by atoms with van der Waals surface area (Å²) in [5, 5.41) is 0. The van der Waals surface area contributed by atoms with Crippen molar-refractivity contribution in [3.05, 3.63) is 96.6 Å². The molecule has 49 heavy (non-hydrogen) atoms. The molecule has 3 aliphatic rings. The predicted molar refractivity (Wildman–Crippen MR) is 192 cm³/mol. The minimum Gasteiger partial charge on any atom is -0.490 e. The van der Waals surface area contributed by atoms with Crippen LogP contribution in [0.4, 0.5) is 0 Å². The molecule has 1 aliphatic carbocycles. The zero-order chi connectivity index (χ0) is 34.4. The van der Waals surface area contributed by atoms with Gasteiger partial charge in [-0.1, -0.05) is 49.8 Å². The van der Waals surface area contributed by atoms with Crippen LogP contribution in [0.15, 0.2) is 90.4 Å². The highest BCUT2D eigenvalue weighted by Crippen LogP contribution is 2.36. The fraction of sp³-hybridized carbons (Fsp3) is 0.400. The van der Waals surface area contributed by atoms with E-state index in [1.807, 2.05) is 41.3 Å². The van der Waals surface area contributed by atoms with E-state index in [1.54, 1.807) is 29.2 Å². The molecule has 0 aromatic heterocycles. The highest BCUT2D eigenvalue weighted by Gasteiger charge is 2.25.